The van der Waals surface area contributed by atoms with Crippen LogP contribution in [0.3, 0.4) is 0 Å². The van der Waals surface area contributed by atoms with Crippen molar-refractivity contribution in [1.29, 1.82) is 0 Å². The molecule has 4 aromatic rings. The molecular weight excluding hydrogens is 368 g/mol. The van der Waals surface area contributed by atoms with Crippen molar-refractivity contribution >= 4 is 17.5 Å². The predicted molar refractivity (Wildman–Crippen MR) is 110 cm³/mol. The number of hydrogen-bond donors (Lipinski definition) is 0. The van der Waals surface area contributed by atoms with E-state index >= 15 is 0 Å². The second kappa shape index (κ2) is 8.63. The van der Waals surface area contributed by atoms with Crippen LogP contribution in [-0.4, -0.2) is 31.3 Å². The summed E-state index contributed by atoms with van der Waals surface area (Å²) in [6.07, 6.45) is 3.91. The molecule has 0 radical (unpaired) electrons. The van der Waals surface area contributed by atoms with Gasteiger partial charge in [0.1, 0.15) is 5.78 Å². The second-order valence-electron chi connectivity index (χ2n) is 6.21. The van der Waals surface area contributed by atoms with Crippen molar-refractivity contribution in [2.24, 2.45) is 0 Å². The van der Waals surface area contributed by atoms with E-state index in [9.17, 15) is 4.79 Å². The number of carbonyl (C=O) groups is 1. The zero-order valence-corrected chi connectivity index (χ0v) is 15.9. The number of ketones is 1. The van der Waals surface area contributed by atoms with Crippen molar-refractivity contribution < 1.29 is 4.79 Å². The lowest BCUT2D eigenvalue weighted by Crippen LogP contribution is -2.07. The van der Waals surface area contributed by atoms with Crippen molar-refractivity contribution in [3.8, 4) is 17.1 Å². The van der Waals surface area contributed by atoms with Crippen LogP contribution in [0, 0.1) is 0 Å². The Morgan fingerprint density at radius 2 is 1.64 bits per heavy atom. The third-order valence-corrected chi connectivity index (χ3v) is 5.16. The maximum atomic E-state index is 12.4. The average molecular weight is 386 g/mol. The van der Waals surface area contributed by atoms with Crippen LogP contribution in [-0.2, 0) is 11.2 Å². The zero-order valence-electron chi connectivity index (χ0n) is 15.1. The number of aromatic nitrogens is 4. The first kappa shape index (κ1) is 18.1. The predicted octanol–water partition coefficient (Wildman–Crippen LogP) is 4.23. The van der Waals surface area contributed by atoms with E-state index in [-0.39, 0.29) is 5.78 Å². The topological polar surface area (TPSA) is 60.7 Å². The van der Waals surface area contributed by atoms with Gasteiger partial charge in [-0.05, 0) is 29.8 Å². The summed E-state index contributed by atoms with van der Waals surface area (Å²) < 4.78 is 1.97. The molecule has 4 rings (SSSR count). The van der Waals surface area contributed by atoms with Crippen LogP contribution in [0.15, 0.2) is 90.3 Å². The molecule has 0 saturated carbocycles. The average Bonchev–Trinajstić information content (AvgIpc) is 3.18. The van der Waals surface area contributed by atoms with E-state index in [0.717, 1.165) is 16.8 Å². The van der Waals surface area contributed by atoms with Gasteiger partial charge in [0, 0.05) is 30.1 Å². The molecule has 0 fully saturated rings. The third kappa shape index (κ3) is 4.18. The quantitative estimate of drug-likeness (QED) is 0.445. The van der Waals surface area contributed by atoms with Crippen LogP contribution in [0.5, 0.6) is 0 Å². The van der Waals surface area contributed by atoms with Crippen molar-refractivity contribution in [3.63, 3.8) is 0 Å². The Bertz CT molecular complexity index is 1050. The van der Waals surface area contributed by atoms with Gasteiger partial charge in [-0.3, -0.25) is 14.3 Å². The summed E-state index contributed by atoms with van der Waals surface area (Å²) in [6.45, 7) is 0. The first-order valence-electron chi connectivity index (χ1n) is 8.91. The molecule has 0 amide bonds. The van der Waals surface area contributed by atoms with Gasteiger partial charge < -0.3 is 0 Å². The van der Waals surface area contributed by atoms with Crippen LogP contribution < -0.4 is 0 Å². The van der Waals surface area contributed by atoms with Crippen LogP contribution in [0.1, 0.15) is 5.56 Å². The van der Waals surface area contributed by atoms with E-state index in [4.69, 9.17) is 0 Å². The number of hydrogen-bond acceptors (Lipinski definition) is 5. The first-order chi connectivity index (χ1) is 13.8. The van der Waals surface area contributed by atoms with Gasteiger partial charge in [0.2, 0.25) is 0 Å². The molecule has 0 N–H and O–H groups in total. The number of nitrogens with zero attached hydrogens (tertiary/aromatic N) is 4. The highest BCUT2D eigenvalue weighted by molar-refractivity contribution is 7.99. The normalized spacial score (nSPS) is 10.7. The van der Waals surface area contributed by atoms with E-state index < -0.39 is 0 Å². The molecule has 2 aromatic heterocycles. The molecule has 0 aliphatic rings. The Labute approximate surface area is 167 Å². The summed E-state index contributed by atoms with van der Waals surface area (Å²) in [5.41, 5.74) is 2.85. The fraction of sp³-hybridized carbons (Fsp3) is 0.0909. The minimum atomic E-state index is 0.154. The van der Waals surface area contributed by atoms with Crippen molar-refractivity contribution in [3.05, 3.63) is 90.8 Å². The summed E-state index contributed by atoms with van der Waals surface area (Å²) >= 11 is 1.40. The van der Waals surface area contributed by atoms with E-state index in [1.165, 1.54) is 11.8 Å². The van der Waals surface area contributed by atoms with Crippen LogP contribution >= 0.6 is 11.8 Å². The zero-order chi connectivity index (χ0) is 19.2. The highest BCUT2D eigenvalue weighted by Gasteiger charge is 2.17. The number of benzene rings is 2. The van der Waals surface area contributed by atoms with Gasteiger partial charge in [-0.2, -0.15) is 0 Å². The molecule has 2 aromatic carbocycles. The lowest BCUT2D eigenvalue weighted by Gasteiger charge is -2.10. The highest BCUT2D eigenvalue weighted by Crippen LogP contribution is 2.27. The number of para-hydroxylation sites is 1. The molecule has 6 heteroatoms. The number of pyridine rings is 1. The molecule has 0 spiro atoms. The molecule has 0 unspecified atom stereocenters. The minimum absolute atomic E-state index is 0.154. The van der Waals surface area contributed by atoms with Gasteiger partial charge in [-0.1, -0.05) is 60.3 Å². The molecular formula is C22H18N4OS. The molecule has 5 nitrogen and oxygen atoms in total. The summed E-state index contributed by atoms with van der Waals surface area (Å²) in [6, 6.07) is 23.5. The Hall–Kier alpha value is -3.25. The van der Waals surface area contributed by atoms with Crippen molar-refractivity contribution in [2.45, 2.75) is 11.6 Å². The van der Waals surface area contributed by atoms with Crippen LogP contribution in [0.4, 0.5) is 0 Å². The van der Waals surface area contributed by atoms with E-state index in [2.05, 4.69) is 15.2 Å². The first-order valence-corrected chi connectivity index (χ1v) is 9.89. The van der Waals surface area contributed by atoms with Crippen molar-refractivity contribution in [1.82, 2.24) is 19.7 Å². The summed E-state index contributed by atoms with van der Waals surface area (Å²) in [4.78, 5) is 16.6. The summed E-state index contributed by atoms with van der Waals surface area (Å²) in [5, 5.41) is 9.40. The summed E-state index contributed by atoms with van der Waals surface area (Å²) in [7, 11) is 0. The van der Waals surface area contributed by atoms with Crippen LogP contribution in [0.25, 0.3) is 17.1 Å². The Morgan fingerprint density at radius 1 is 0.893 bits per heavy atom. The molecule has 0 aliphatic heterocycles. The van der Waals surface area contributed by atoms with Gasteiger partial charge >= 0.3 is 0 Å². The Morgan fingerprint density at radius 3 is 2.36 bits per heavy atom. The lowest BCUT2D eigenvalue weighted by atomic mass is 10.1. The SMILES string of the molecule is O=C(CSc1nnc(-c2cccnc2)n1-c1ccccc1)Cc1ccccc1. The monoisotopic (exact) mass is 386 g/mol. The van der Waals surface area contributed by atoms with Gasteiger partial charge in [0.15, 0.2) is 11.0 Å². The second-order valence-corrected chi connectivity index (χ2v) is 7.15. The fourth-order valence-electron chi connectivity index (χ4n) is 2.87. The Kier molecular flexibility index (Phi) is 5.58. The molecule has 2 heterocycles. The maximum absolute atomic E-state index is 12.4. The van der Waals surface area contributed by atoms with Gasteiger partial charge in [-0.25, -0.2) is 0 Å². The van der Waals surface area contributed by atoms with Gasteiger partial charge in [-0.15, -0.1) is 10.2 Å². The fourth-order valence-corrected chi connectivity index (χ4v) is 3.69. The Balaban J connectivity index is 1.59. The molecule has 0 bridgehead atoms. The number of thioether (sulfide) groups is 1. The van der Waals surface area contributed by atoms with Crippen molar-refractivity contribution in [2.75, 3.05) is 5.75 Å². The van der Waals surface area contributed by atoms with Gasteiger partial charge in [0.25, 0.3) is 0 Å². The minimum Gasteiger partial charge on any atom is -0.298 e. The standard InChI is InChI=1S/C22H18N4OS/c27-20(14-17-8-3-1-4-9-17)16-28-22-25-24-21(18-10-7-13-23-15-18)26(22)19-11-5-2-6-12-19/h1-13,15H,14,16H2. The molecule has 0 aliphatic carbocycles. The molecule has 0 saturated heterocycles. The number of Topliss-reactive ketones (excluding diaryl/α,β-unsaturated/α-hetero) is 1. The van der Waals surface area contributed by atoms with Gasteiger partial charge in [0.05, 0.1) is 5.75 Å². The highest BCUT2D eigenvalue weighted by atomic mass is 32.2. The van der Waals surface area contributed by atoms with Crippen LogP contribution in [0.2, 0.25) is 0 Å². The third-order valence-electron chi connectivity index (χ3n) is 4.17. The molecule has 138 valence electrons. The van der Waals surface area contributed by atoms with E-state index in [1.807, 2.05) is 77.4 Å². The molecule has 28 heavy (non-hydrogen) atoms. The lowest BCUT2D eigenvalue weighted by molar-refractivity contribution is -0.116. The number of carbonyl (C=O) groups excluding carboxylic acids is 1. The smallest absolute Gasteiger partial charge is 0.196 e. The summed E-state index contributed by atoms with van der Waals surface area (Å²) in [5.74, 6) is 1.20. The molecule has 0 atom stereocenters. The number of rotatable bonds is 7. The van der Waals surface area contributed by atoms with E-state index in [0.29, 0.717) is 23.2 Å². The largest absolute Gasteiger partial charge is 0.298 e. The van der Waals surface area contributed by atoms with E-state index in [1.54, 1.807) is 12.4 Å². The maximum Gasteiger partial charge on any atom is 0.196 e.